The van der Waals surface area contributed by atoms with E-state index in [2.05, 4.69) is 19.2 Å². The monoisotopic (exact) mass is 372 g/mol. The minimum absolute atomic E-state index is 0.0610. The van der Waals surface area contributed by atoms with Gasteiger partial charge >= 0.3 is 0 Å². The van der Waals surface area contributed by atoms with E-state index in [0.29, 0.717) is 37.2 Å². The van der Waals surface area contributed by atoms with Crippen LogP contribution in [0.1, 0.15) is 59.8 Å². The molecule has 1 aliphatic heterocycles. The topological polar surface area (TPSA) is 58.6 Å². The second kappa shape index (κ2) is 7.91. The molecule has 2 amide bonds. The molecule has 1 saturated carbocycles. The molecule has 0 radical (unpaired) electrons. The van der Waals surface area contributed by atoms with Crippen LogP contribution >= 0.6 is 0 Å². The molecule has 1 aromatic carbocycles. The predicted octanol–water partition coefficient (Wildman–Crippen LogP) is 4.61. The Bertz CT molecular complexity index is 706. The zero-order valence-electron chi connectivity index (χ0n) is 17.0. The summed E-state index contributed by atoms with van der Waals surface area (Å²) in [6, 6.07) is 5.61. The second-order valence-corrected chi connectivity index (χ2v) is 9.07. The summed E-state index contributed by atoms with van der Waals surface area (Å²) in [5, 5.41) is 3.00. The van der Waals surface area contributed by atoms with Crippen LogP contribution in [0.25, 0.3) is 0 Å². The number of anilines is 2. The van der Waals surface area contributed by atoms with Gasteiger partial charge in [-0.05, 0) is 50.7 Å². The second-order valence-electron chi connectivity index (χ2n) is 9.07. The smallest absolute Gasteiger partial charge is 0.236 e. The lowest BCUT2D eigenvalue weighted by Crippen LogP contribution is -2.43. The van der Waals surface area contributed by atoms with Crippen LogP contribution in [0.3, 0.4) is 0 Å². The van der Waals surface area contributed by atoms with Crippen molar-refractivity contribution in [2.75, 3.05) is 23.4 Å². The molecule has 1 aromatic rings. The third-order valence-corrected chi connectivity index (χ3v) is 5.44. The van der Waals surface area contributed by atoms with E-state index in [1.54, 1.807) is 0 Å². The molecule has 0 bridgehead atoms. The third-order valence-electron chi connectivity index (χ3n) is 5.44. The molecule has 1 aliphatic carbocycles. The van der Waals surface area contributed by atoms with Gasteiger partial charge in [0.05, 0.1) is 11.1 Å². The van der Waals surface area contributed by atoms with E-state index in [0.717, 1.165) is 24.2 Å². The van der Waals surface area contributed by atoms with Crippen LogP contribution in [0.5, 0.6) is 5.75 Å². The Labute approximate surface area is 162 Å². The molecule has 0 spiro atoms. The fourth-order valence-electron chi connectivity index (χ4n) is 3.96. The normalized spacial score (nSPS) is 19.6. The number of benzene rings is 1. The molecule has 1 fully saturated rings. The summed E-state index contributed by atoms with van der Waals surface area (Å²) in [5.74, 6) is 1.66. The van der Waals surface area contributed by atoms with Gasteiger partial charge in [-0.2, -0.15) is 0 Å². The Morgan fingerprint density at radius 1 is 1.30 bits per heavy atom. The quantitative estimate of drug-likeness (QED) is 0.821. The Kier molecular flexibility index (Phi) is 5.78. The Hall–Kier alpha value is -2.04. The molecule has 27 heavy (non-hydrogen) atoms. The lowest BCUT2D eigenvalue weighted by Gasteiger charge is -2.29. The van der Waals surface area contributed by atoms with E-state index in [4.69, 9.17) is 4.74 Å². The molecular formula is C22H32N2O3. The summed E-state index contributed by atoms with van der Waals surface area (Å²) in [7, 11) is 0. The van der Waals surface area contributed by atoms with Crippen LogP contribution in [0, 0.1) is 17.3 Å². The van der Waals surface area contributed by atoms with Crippen molar-refractivity contribution in [3.8, 4) is 5.75 Å². The van der Waals surface area contributed by atoms with Gasteiger partial charge in [-0.3, -0.25) is 9.59 Å². The molecule has 1 heterocycles. The van der Waals surface area contributed by atoms with Crippen molar-refractivity contribution in [3.63, 3.8) is 0 Å². The zero-order valence-corrected chi connectivity index (χ0v) is 17.0. The summed E-state index contributed by atoms with van der Waals surface area (Å²) in [6.45, 7) is 9.00. The molecule has 148 valence electrons. The zero-order chi connectivity index (χ0) is 19.6. The van der Waals surface area contributed by atoms with Gasteiger partial charge in [-0.1, -0.05) is 26.7 Å². The number of rotatable bonds is 5. The van der Waals surface area contributed by atoms with Gasteiger partial charge in [-0.15, -0.1) is 0 Å². The van der Waals surface area contributed by atoms with Gasteiger partial charge in [0, 0.05) is 24.7 Å². The molecule has 5 heteroatoms. The molecule has 0 unspecified atom stereocenters. The first-order chi connectivity index (χ1) is 12.8. The maximum Gasteiger partial charge on any atom is 0.236 e. The Morgan fingerprint density at radius 2 is 2.00 bits per heavy atom. The van der Waals surface area contributed by atoms with Crippen molar-refractivity contribution in [1.82, 2.24) is 0 Å². The van der Waals surface area contributed by atoms with Crippen molar-refractivity contribution < 1.29 is 14.3 Å². The lowest BCUT2D eigenvalue weighted by molar-refractivity contribution is -0.127. The number of carbonyl (C=O) groups excluding carboxylic acids is 2. The first-order valence-electron chi connectivity index (χ1n) is 10.1. The summed E-state index contributed by atoms with van der Waals surface area (Å²) in [5.41, 5.74) is 0.932. The number of amides is 2. The third kappa shape index (κ3) is 4.63. The molecule has 3 rings (SSSR count). The van der Waals surface area contributed by atoms with Gasteiger partial charge in [-0.25, -0.2) is 0 Å². The van der Waals surface area contributed by atoms with Crippen molar-refractivity contribution in [1.29, 1.82) is 0 Å². The average Bonchev–Trinajstić information content (AvgIpc) is 3.07. The summed E-state index contributed by atoms with van der Waals surface area (Å²) >= 11 is 0. The fraction of sp³-hybridized carbons (Fsp3) is 0.636. The first kappa shape index (κ1) is 19.7. The SMILES string of the molecule is CC(C)CN1C(=O)C(C)(C)COc2cc(NC(=O)CC3CCCC3)ccc21. The standard InChI is InChI=1S/C22H32N2O3/c1-15(2)13-24-18-10-9-17(23-20(25)11-16-7-5-6-8-16)12-19(18)27-14-22(3,4)21(24)26/h9-10,12,15-16H,5-8,11,13-14H2,1-4H3,(H,23,25). The lowest BCUT2D eigenvalue weighted by atomic mass is 9.92. The molecule has 1 N–H and O–H groups in total. The fourth-order valence-corrected chi connectivity index (χ4v) is 3.96. The van der Waals surface area contributed by atoms with Gasteiger partial charge in [0.2, 0.25) is 11.8 Å². The van der Waals surface area contributed by atoms with E-state index < -0.39 is 5.41 Å². The van der Waals surface area contributed by atoms with Crippen molar-refractivity contribution in [3.05, 3.63) is 18.2 Å². The molecule has 2 aliphatic rings. The molecular weight excluding hydrogens is 340 g/mol. The van der Waals surface area contributed by atoms with Crippen molar-refractivity contribution in [2.24, 2.45) is 17.3 Å². The number of nitrogens with one attached hydrogen (secondary N) is 1. The molecule has 0 saturated heterocycles. The largest absolute Gasteiger partial charge is 0.490 e. The van der Waals surface area contributed by atoms with Gasteiger partial charge in [0.15, 0.2) is 0 Å². The van der Waals surface area contributed by atoms with Gasteiger partial charge in [0.1, 0.15) is 12.4 Å². The Morgan fingerprint density at radius 3 is 2.67 bits per heavy atom. The van der Waals surface area contributed by atoms with Crippen molar-refractivity contribution in [2.45, 2.75) is 59.8 Å². The average molecular weight is 373 g/mol. The van der Waals surface area contributed by atoms with E-state index in [1.807, 2.05) is 36.9 Å². The maximum absolute atomic E-state index is 13.0. The van der Waals surface area contributed by atoms with Crippen LogP contribution in [0.2, 0.25) is 0 Å². The number of hydrogen-bond donors (Lipinski definition) is 1. The highest BCUT2D eigenvalue weighted by molar-refractivity contribution is 6.00. The summed E-state index contributed by atoms with van der Waals surface area (Å²) in [6.07, 6.45) is 5.37. The van der Waals surface area contributed by atoms with E-state index in [9.17, 15) is 9.59 Å². The van der Waals surface area contributed by atoms with Crippen LogP contribution in [0.4, 0.5) is 11.4 Å². The van der Waals surface area contributed by atoms with Gasteiger partial charge < -0.3 is 15.0 Å². The van der Waals surface area contributed by atoms with Crippen LogP contribution in [-0.2, 0) is 9.59 Å². The van der Waals surface area contributed by atoms with Crippen LogP contribution < -0.4 is 15.0 Å². The van der Waals surface area contributed by atoms with E-state index in [-0.39, 0.29) is 11.8 Å². The van der Waals surface area contributed by atoms with Gasteiger partial charge in [0.25, 0.3) is 0 Å². The molecule has 5 nitrogen and oxygen atoms in total. The summed E-state index contributed by atoms with van der Waals surface area (Å²) < 4.78 is 5.99. The summed E-state index contributed by atoms with van der Waals surface area (Å²) in [4.78, 5) is 27.2. The van der Waals surface area contributed by atoms with E-state index >= 15 is 0 Å². The minimum Gasteiger partial charge on any atom is -0.490 e. The maximum atomic E-state index is 13.0. The number of ether oxygens (including phenoxy) is 1. The van der Waals surface area contributed by atoms with Crippen molar-refractivity contribution >= 4 is 23.2 Å². The predicted molar refractivity (Wildman–Crippen MR) is 108 cm³/mol. The molecule has 0 aromatic heterocycles. The number of fused-ring (bicyclic) bond motifs is 1. The van der Waals surface area contributed by atoms with E-state index in [1.165, 1.54) is 12.8 Å². The molecule has 0 atom stereocenters. The highest BCUT2D eigenvalue weighted by Gasteiger charge is 2.38. The highest BCUT2D eigenvalue weighted by Crippen LogP contribution is 2.38. The Balaban J connectivity index is 1.79. The minimum atomic E-state index is -0.584. The number of hydrogen-bond acceptors (Lipinski definition) is 3. The first-order valence-corrected chi connectivity index (χ1v) is 10.1. The van der Waals surface area contributed by atoms with Crippen LogP contribution in [0.15, 0.2) is 18.2 Å². The van der Waals surface area contributed by atoms with Crippen LogP contribution in [-0.4, -0.2) is 25.0 Å². The number of nitrogens with zero attached hydrogens (tertiary/aromatic N) is 1. The number of carbonyl (C=O) groups is 2. The highest BCUT2D eigenvalue weighted by atomic mass is 16.5.